The first kappa shape index (κ1) is 15.1. The lowest BCUT2D eigenvalue weighted by molar-refractivity contribution is -0.139. The molecule has 0 saturated carbocycles. The normalized spacial score (nSPS) is 11.7. The predicted octanol–water partition coefficient (Wildman–Crippen LogP) is 2.62. The van der Waals surface area contributed by atoms with E-state index in [9.17, 15) is 14.7 Å². The summed E-state index contributed by atoms with van der Waals surface area (Å²) in [5.41, 5.74) is 1.21. The fraction of sp³-hybridized carbons (Fsp3) is 0.200. The molecule has 0 aliphatic carbocycles. The van der Waals surface area contributed by atoms with Crippen LogP contribution in [-0.4, -0.2) is 24.1 Å². The molecule has 6 heteroatoms. The summed E-state index contributed by atoms with van der Waals surface area (Å²) in [7, 11) is 1.47. The monoisotopic (exact) mass is 305 g/mol. The second kappa shape index (κ2) is 6.41. The van der Waals surface area contributed by atoms with Crippen molar-refractivity contribution in [1.82, 2.24) is 5.32 Å². The molecule has 1 heterocycles. The van der Waals surface area contributed by atoms with E-state index in [4.69, 9.17) is 4.74 Å². The van der Waals surface area contributed by atoms with Crippen LogP contribution in [0.5, 0.6) is 5.75 Å². The summed E-state index contributed by atoms with van der Waals surface area (Å²) in [4.78, 5) is 24.3. The molecule has 0 fully saturated rings. The van der Waals surface area contributed by atoms with Crippen LogP contribution in [0.4, 0.5) is 0 Å². The molecule has 1 amide bonds. The Balaban J connectivity index is 2.28. The molecule has 0 aliphatic rings. The van der Waals surface area contributed by atoms with Crippen molar-refractivity contribution < 1.29 is 19.4 Å². The summed E-state index contributed by atoms with van der Waals surface area (Å²) in [6, 6.07) is 7.53. The number of ether oxygens (including phenoxy) is 1. The van der Waals surface area contributed by atoms with Gasteiger partial charge in [-0.25, -0.2) is 4.79 Å². The van der Waals surface area contributed by atoms with Crippen molar-refractivity contribution in [2.75, 3.05) is 7.11 Å². The van der Waals surface area contributed by atoms with Crippen LogP contribution in [0.1, 0.15) is 26.8 Å². The van der Waals surface area contributed by atoms with Crippen molar-refractivity contribution in [2.24, 2.45) is 0 Å². The zero-order valence-corrected chi connectivity index (χ0v) is 12.4. The Hall–Kier alpha value is -2.34. The standard InChI is InChI=1S/C15H15NO4S/c1-9-5-6-11(20-2)10(8-9)14(17)16-13(15(18)19)12-4-3-7-21-12/h3-8,13H,1-2H3,(H,16,17)(H,18,19). The van der Waals surface area contributed by atoms with Gasteiger partial charge in [-0.1, -0.05) is 17.7 Å². The second-order valence-electron chi connectivity index (χ2n) is 4.46. The van der Waals surface area contributed by atoms with Gasteiger partial charge in [-0.15, -0.1) is 11.3 Å². The highest BCUT2D eigenvalue weighted by Gasteiger charge is 2.24. The summed E-state index contributed by atoms with van der Waals surface area (Å²) < 4.78 is 5.15. The number of thiophene rings is 1. The minimum Gasteiger partial charge on any atom is -0.496 e. The number of hydrogen-bond acceptors (Lipinski definition) is 4. The van der Waals surface area contributed by atoms with Crippen LogP contribution in [0, 0.1) is 6.92 Å². The van der Waals surface area contributed by atoms with Crippen molar-refractivity contribution >= 4 is 23.2 Å². The lowest BCUT2D eigenvalue weighted by Gasteiger charge is -2.15. The maximum absolute atomic E-state index is 12.3. The quantitative estimate of drug-likeness (QED) is 0.890. The third kappa shape index (κ3) is 3.41. The fourth-order valence-corrected chi connectivity index (χ4v) is 2.69. The summed E-state index contributed by atoms with van der Waals surface area (Å²) in [6.45, 7) is 1.85. The van der Waals surface area contributed by atoms with Gasteiger partial charge in [0.2, 0.25) is 0 Å². The zero-order chi connectivity index (χ0) is 15.4. The van der Waals surface area contributed by atoms with Crippen LogP contribution in [0.2, 0.25) is 0 Å². The van der Waals surface area contributed by atoms with Gasteiger partial charge in [-0.05, 0) is 30.5 Å². The van der Waals surface area contributed by atoms with E-state index in [0.29, 0.717) is 16.2 Å². The fourth-order valence-electron chi connectivity index (χ4n) is 1.92. The van der Waals surface area contributed by atoms with Crippen LogP contribution in [-0.2, 0) is 4.79 Å². The first-order valence-corrected chi connectivity index (χ1v) is 7.12. The van der Waals surface area contributed by atoms with Crippen molar-refractivity contribution in [3.8, 4) is 5.75 Å². The number of aliphatic carboxylic acids is 1. The Kier molecular flexibility index (Phi) is 4.59. The predicted molar refractivity (Wildman–Crippen MR) is 79.9 cm³/mol. The average molecular weight is 305 g/mol. The zero-order valence-electron chi connectivity index (χ0n) is 11.6. The molecule has 1 atom stereocenters. The molecule has 0 aliphatic heterocycles. The minimum atomic E-state index is -1.10. The molecule has 21 heavy (non-hydrogen) atoms. The smallest absolute Gasteiger partial charge is 0.331 e. The van der Waals surface area contributed by atoms with Crippen LogP contribution in [0.3, 0.4) is 0 Å². The molecule has 0 radical (unpaired) electrons. The SMILES string of the molecule is COc1ccc(C)cc1C(=O)NC(C(=O)O)c1cccs1. The number of nitrogens with one attached hydrogen (secondary N) is 1. The lowest BCUT2D eigenvalue weighted by atomic mass is 10.1. The maximum atomic E-state index is 12.3. The highest BCUT2D eigenvalue weighted by atomic mass is 32.1. The Morgan fingerprint density at radius 2 is 2.10 bits per heavy atom. The number of aryl methyl sites for hydroxylation is 1. The van der Waals surface area contributed by atoms with Gasteiger partial charge >= 0.3 is 5.97 Å². The molecule has 1 aromatic carbocycles. The summed E-state index contributed by atoms with van der Waals surface area (Å²) in [5, 5.41) is 13.6. The van der Waals surface area contributed by atoms with Crippen molar-refractivity contribution in [2.45, 2.75) is 13.0 Å². The van der Waals surface area contributed by atoms with Crippen LogP contribution >= 0.6 is 11.3 Å². The third-order valence-corrected chi connectivity index (χ3v) is 3.89. The Labute approximate surface area is 126 Å². The average Bonchev–Trinajstić information content (AvgIpc) is 2.97. The third-order valence-electron chi connectivity index (χ3n) is 2.95. The maximum Gasteiger partial charge on any atom is 0.331 e. The molecule has 2 rings (SSSR count). The van der Waals surface area contributed by atoms with Crippen molar-refractivity contribution in [1.29, 1.82) is 0 Å². The number of amides is 1. The molecule has 0 bridgehead atoms. The van der Waals surface area contributed by atoms with E-state index >= 15 is 0 Å². The minimum absolute atomic E-state index is 0.320. The summed E-state index contributed by atoms with van der Waals surface area (Å²) >= 11 is 1.28. The van der Waals surface area contributed by atoms with Gasteiger partial charge in [0.25, 0.3) is 5.91 Å². The van der Waals surface area contributed by atoms with E-state index in [1.807, 2.05) is 13.0 Å². The molecule has 0 spiro atoms. The molecule has 2 N–H and O–H groups in total. The molecular formula is C15H15NO4S. The number of carbonyl (C=O) groups is 2. The number of carboxylic acid groups (broad SMARTS) is 1. The number of methoxy groups -OCH3 is 1. The molecule has 1 aromatic heterocycles. The van der Waals surface area contributed by atoms with Gasteiger partial charge in [0.1, 0.15) is 5.75 Å². The summed E-state index contributed by atoms with van der Waals surface area (Å²) in [6.07, 6.45) is 0. The Bertz CT molecular complexity index is 652. The highest BCUT2D eigenvalue weighted by Crippen LogP contribution is 2.23. The summed E-state index contributed by atoms with van der Waals surface area (Å²) in [5.74, 6) is -1.16. The number of rotatable bonds is 5. The topological polar surface area (TPSA) is 75.6 Å². The van der Waals surface area contributed by atoms with Gasteiger partial charge < -0.3 is 15.2 Å². The van der Waals surface area contributed by atoms with Gasteiger partial charge in [-0.3, -0.25) is 4.79 Å². The number of carboxylic acids is 1. The second-order valence-corrected chi connectivity index (χ2v) is 5.44. The van der Waals surface area contributed by atoms with E-state index in [1.165, 1.54) is 18.4 Å². The molecule has 2 aromatic rings. The van der Waals surface area contributed by atoms with E-state index in [0.717, 1.165) is 5.56 Å². The number of carbonyl (C=O) groups excluding carboxylic acids is 1. The Morgan fingerprint density at radius 1 is 1.33 bits per heavy atom. The first-order valence-electron chi connectivity index (χ1n) is 6.24. The van der Waals surface area contributed by atoms with Gasteiger partial charge in [-0.2, -0.15) is 0 Å². The largest absolute Gasteiger partial charge is 0.496 e. The van der Waals surface area contributed by atoms with Gasteiger partial charge in [0, 0.05) is 4.88 Å². The van der Waals surface area contributed by atoms with Crippen molar-refractivity contribution in [3.05, 3.63) is 51.7 Å². The van der Waals surface area contributed by atoms with Crippen LogP contribution < -0.4 is 10.1 Å². The number of hydrogen-bond donors (Lipinski definition) is 2. The molecular weight excluding hydrogens is 290 g/mol. The van der Waals surface area contributed by atoms with Gasteiger partial charge in [0.15, 0.2) is 6.04 Å². The Morgan fingerprint density at radius 3 is 2.67 bits per heavy atom. The highest BCUT2D eigenvalue weighted by molar-refractivity contribution is 7.10. The van der Waals surface area contributed by atoms with Crippen LogP contribution in [0.15, 0.2) is 35.7 Å². The molecule has 1 unspecified atom stereocenters. The molecule has 0 saturated heterocycles. The van der Waals surface area contributed by atoms with E-state index in [2.05, 4.69) is 5.32 Å². The number of benzene rings is 1. The van der Waals surface area contributed by atoms with Crippen molar-refractivity contribution in [3.63, 3.8) is 0 Å². The molecule has 5 nitrogen and oxygen atoms in total. The van der Waals surface area contributed by atoms with Gasteiger partial charge in [0.05, 0.1) is 12.7 Å². The lowest BCUT2D eigenvalue weighted by Crippen LogP contribution is -2.33. The van der Waals surface area contributed by atoms with E-state index in [-0.39, 0.29) is 0 Å². The first-order chi connectivity index (χ1) is 10.0. The van der Waals surface area contributed by atoms with E-state index in [1.54, 1.807) is 29.6 Å². The molecule has 110 valence electrons. The van der Waals surface area contributed by atoms with E-state index < -0.39 is 17.9 Å². The van der Waals surface area contributed by atoms with Crippen LogP contribution in [0.25, 0.3) is 0 Å².